The number of aliphatic hydroxyl groups is 1. The Bertz CT molecular complexity index is 568. The molecular weight excluding hydrogens is 324 g/mol. The number of hydrogen-bond acceptors (Lipinski definition) is 4. The Balaban J connectivity index is 1.81. The molecule has 0 radical (unpaired) electrons. The van der Waals surface area contributed by atoms with Crippen LogP contribution < -0.4 is 4.90 Å². The van der Waals surface area contributed by atoms with Gasteiger partial charge in [0.2, 0.25) is 0 Å². The third kappa shape index (κ3) is 2.39. The molecule has 1 N–H and O–H groups in total. The van der Waals surface area contributed by atoms with Crippen LogP contribution in [0.1, 0.15) is 23.2 Å². The molecule has 6 heteroatoms. The van der Waals surface area contributed by atoms with Gasteiger partial charge in [0, 0.05) is 17.6 Å². The van der Waals surface area contributed by atoms with Gasteiger partial charge >= 0.3 is 5.91 Å². The zero-order valence-corrected chi connectivity index (χ0v) is 12.5. The van der Waals surface area contributed by atoms with Crippen LogP contribution >= 0.6 is 15.9 Å². The summed E-state index contributed by atoms with van der Waals surface area (Å²) >= 11 is 3.32. The minimum Gasteiger partial charge on any atom is -0.393 e. The molecule has 2 aliphatic rings. The molecule has 0 atom stereocenters. The Morgan fingerprint density at radius 3 is 2.65 bits per heavy atom. The maximum absolute atomic E-state index is 12.1. The van der Waals surface area contributed by atoms with Crippen LogP contribution in [0.3, 0.4) is 0 Å². The summed E-state index contributed by atoms with van der Waals surface area (Å²) < 4.78 is 0.792. The number of amides is 1. The van der Waals surface area contributed by atoms with E-state index in [1.54, 1.807) is 12.1 Å². The van der Waals surface area contributed by atoms with Crippen LogP contribution in [-0.4, -0.2) is 47.6 Å². The maximum atomic E-state index is 12.1. The van der Waals surface area contributed by atoms with E-state index in [1.807, 2.05) is 6.07 Å². The zero-order valence-electron chi connectivity index (χ0n) is 10.9. The highest BCUT2D eigenvalue weighted by molar-refractivity contribution is 9.10. The quantitative estimate of drug-likeness (QED) is 0.828. The number of carbonyl (C=O) groups excluding carboxylic acids is 2. The molecule has 20 heavy (non-hydrogen) atoms. The fraction of sp³-hybridized carbons (Fsp3) is 0.429. The number of anilines is 1. The summed E-state index contributed by atoms with van der Waals surface area (Å²) in [6, 6.07) is 5.31. The number of halogens is 1. The third-order valence-corrected chi connectivity index (χ3v) is 4.33. The van der Waals surface area contributed by atoms with Crippen molar-refractivity contribution in [1.82, 2.24) is 4.90 Å². The van der Waals surface area contributed by atoms with Crippen molar-refractivity contribution in [3.63, 3.8) is 0 Å². The van der Waals surface area contributed by atoms with Crippen molar-refractivity contribution in [3.8, 4) is 0 Å². The Morgan fingerprint density at radius 2 is 1.95 bits per heavy atom. The predicted octanol–water partition coefficient (Wildman–Crippen LogP) is 1.39. The van der Waals surface area contributed by atoms with Crippen molar-refractivity contribution < 1.29 is 14.7 Å². The van der Waals surface area contributed by atoms with Gasteiger partial charge in [-0.2, -0.15) is 0 Å². The molecule has 5 nitrogen and oxygen atoms in total. The number of Topliss-reactive ketones (excluding diaryl/α,β-unsaturated/α-hetero) is 1. The average molecular weight is 339 g/mol. The van der Waals surface area contributed by atoms with Crippen molar-refractivity contribution >= 4 is 33.3 Å². The summed E-state index contributed by atoms with van der Waals surface area (Å²) in [5, 5.41) is 9.50. The molecule has 1 saturated heterocycles. The van der Waals surface area contributed by atoms with Crippen LogP contribution in [0, 0.1) is 0 Å². The van der Waals surface area contributed by atoms with Crippen molar-refractivity contribution in [2.75, 3.05) is 24.7 Å². The van der Waals surface area contributed by atoms with Gasteiger partial charge in [-0.15, -0.1) is 0 Å². The second kappa shape index (κ2) is 5.27. The van der Waals surface area contributed by atoms with E-state index in [0.29, 0.717) is 30.8 Å². The first-order valence-electron chi connectivity index (χ1n) is 6.62. The van der Waals surface area contributed by atoms with E-state index >= 15 is 0 Å². The maximum Gasteiger partial charge on any atom is 0.300 e. The third-order valence-electron chi connectivity index (χ3n) is 3.83. The highest BCUT2D eigenvalue weighted by Crippen LogP contribution is 2.31. The first kappa shape index (κ1) is 13.7. The van der Waals surface area contributed by atoms with Gasteiger partial charge in [0.1, 0.15) is 0 Å². The SMILES string of the molecule is O=C1C(=O)N(CN2CCC(O)CC2)c2ccc(Br)cc21. The van der Waals surface area contributed by atoms with Crippen LogP contribution in [0.4, 0.5) is 5.69 Å². The molecule has 0 aromatic heterocycles. The number of carbonyl (C=O) groups is 2. The smallest absolute Gasteiger partial charge is 0.300 e. The second-order valence-electron chi connectivity index (χ2n) is 5.21. The lowest BCUT2D eigenvalue weighted by Gasteiger charge is -2.32. The first-order valence-corrected chi connectivity index (χ1v) is 7.42. The molecule has 106 valence electrons. The van der Waals surface area contributed by atoms with Gasteiger partial charge in [0.25, 0.3) is 5.78 Å². The average Bonchev–Trinajstić information content (AvgIpc) is 2.66. The van der Waals surface area contributed by atoms with Crippen molar-refractivity contribution in [2.45, 2.75) is 18.9 Å². The molecule has 2 aliphatic heterocycles. The number of hydrogen-bond donors (Lipinski definition) is 1. The number of ketones is 1. The van der Waals surface area contributed by atoms with E-state index in [-0.39, 0.29) is 6.10 Å². The lowest BCUT2D eigenvalue weighted by atomic mass is 10.1. The van der Waals surface area contributed by atoms with Gasteiger partial charge in [0.15, 0.2) is 0 Å². The Morgan fingerprint density at radius 1 is 1.25 bits per heavy atom. The van der Waals surface area contributed by atoms with Crippen molar-refractivity contribution in [1.29, 1.82) is 0 Å². The molecular formula is C14H15BrN2O3. The highest BCUT2D eigenvalue weighted by Gasteiger charge is 2.37. The van der Waals surface area contributed by atoms with Crippen LogP contribution in [0.2, 0.25) is 0 Å². The summed E-state index contributed by atoms with van der Waals surface area (Å²) in [4.78, 5) is 27.7. The minimum absolute atomic E-state index is 0.245. The Labute approximate surface area is 125 Å². The summed E-state index contributed by atoms with van der Waals surface area (Å²) in [6.45, 7) is 1.89. The number of aliphatic hydroxyl groups excluding tert-OH is 1. The van der Waals surface area contributed by atoms with Crippen LogP contribution in [0.25, 0.3) is 0 Å². The van der Waals surface area contributed by atoms with E-state index in [0.717, 1.165) is 17.6 Å². The molecule has 1 aromatic carbocycles. The number of fused-ring (bicyclic) bond motifs is 1. The van der Waals surface area contributed by atoms with Gasteiger partial charge in [-0.05, 0) is 31.0 Å². The van der Waals surface area contributed by atoms with Crippen LogP contribution in [0.15, 0.2) is 22.7 Å². The predicted molar refractivity (Wildman–Crippen MR) is 77.6 cm³/mol. The molecule has 3 rings (SSSR count). The van der Waals surface area contributed by atoms with E-state index in [9.17, 15) is 14.7 Å². The summed E-state index contributed by atoms with van der Waals surface area (Å²) in [7, 11) is 0. The normalized spacial score (nSPS) is 20.6. The molecule has 0 aliphatic carbocycles. The van der Waals surface area contributed by atoms with E-state index in [2.05, 4.69) is 20.8 Å². The fourth-order valence-electron chi connectivity index (χ4n) is 2.67. The van der Waals surface area contributed by atoms with Crippen molar-refractivity contribution in [2.24, 2.45) is 0 Å². The van der Waals surface area contributed by atoms with Gasteiger partial charge in [-0.3, -0.25) is 19.4 Å². The Hall–Kier alpha value is -1.24. The van der Waals surface area contributed by atoms with Crippen molar-refractivity contribution in [3.05, 3.63) is 28.2 Å². The molecule has 0 bridgehead atoms. The largest absolute Gasteiger partial charge is 0.393 e. The highest BCUT2D eigenvalue weighted by atomic mass is 79.9. The Kier molecular flexibility index (Phi) is 3.62. The van der Waals surface area contributed by atoms with E-state index in [1.165, 1.54) is 4.90 Å². The van der Waals surface area contributed by atoms with Gasteiger partial charge in [0.05, 0.1) is 24.0 Å². The number of rotatable bonds is 2. The summed E-state index contributed by atoms with van der Waals surface area (Å²) in [6.07, 6.45) is 1.18. The topological polar surface area (TPSA) is 60.9 Å². The number of likely N-dealkylation sites (tertiary alicyclic amines) is 1. The zero-order chi connectivity index (χ0) is 14.3. The van der Waals surface area contributed by atoms with Crippen LogP contribution in [0.5, 0.6) is 0 Å². The molecule has 0 saturated carbocycles. The lowest BCUT2D eigenvalue weighted by molar-refractivity contribution is -0.114. The summed E-state index contributed by atoms with van der Waals surface area (Å²) in [5.74, 6) is -0.914. The lowest BCUT2D eigenvalue weighted by Crippen LogP contribution is -2.45. The van der Waals surface area contributed by atoms with Crippen LogP contribution in [-0.2, 0) is 4.79 Å². The monoisotopic (exact) mass is 338 g/mol. The minimum atomic E-state index is -0.468. The van der Waals surface area contributed by atoms with E-state index < -0.39 is 11.7 Å². The number of benzene rings is 1. The molecule has 2 heterocycles. The van der Waals surface area contributed by atoms with E-state index in [4.69, 9.17) is 0 Å². The second-order valence-corrected chi connectivity index (χ2v) is 6.13. The first-order chi connectivity index (χ1) is 9.56. The standard InChI is InChI=1S/C14H15BrN2O3/c15-9-1-2-12-11(7-9)13(19)14(20)17(12)8-16-5-3-10(18)4-6-16/h1-2,7,10,18H,3-6,8H2. The molecule has 1 aromatic rings. The molecule has 1 amide bonds. The summed E-state index contributed by atoms with van der Waals surface area (Å²) in [5.41, 5.74) is 1.13. The number of nitrogens with zero attached hydrogens (tertiary/aromatic N) is 2. The van der Waals surface area contributed by atoms with Gasteiger partial charge in [-0.1, -0.05) is 15.9 Å². The molecule has 0 spiro atoms. The fourth-order valence-corrected chi connectivity index (χ4v) is 3.03. The van der Waals surface area contributed by atoms with Gasteiger partial charge in [-0.25, -0.2) is 0 Å². The number of piperidine rings is 1. The molecule has 0 unspecified atom stereocenters. The molecule has 1 fully saturated rings. The van der Waals surface area contributed by atoms with Gasteiger partial charge < -0.3 is 5.11 Å².